The molecule has 6 aromatic heterocycles. The van der Waals surface area contributed by atoms with Gasteiger partial charge in [-0.15, -0.1) is 45.3 Å². The van der Waals surface area contributed by atoms with Gasteiger partial charge in [-0.2, -0.15) is 0 Å². The monoisotopic (exact) mass is 652 g/mol. The first-order valence-electron chi connectivity index (χ1n) is 13.5. The topological polar surface area (TPSA) is 78.4 Å². The number of hydrogen-bond acceptors (Lipinski definition) is 10. The van der Waals surface area contributed by atoms with Gasteiger partial charge in [0, 0.05) is 53.8 Å². The summed E-state index contributed by atoms with van der Waals surface area (Å²) >= 11 is 6.62. The highest BCUT2D eigenvalue weighted by Gasteiger charge is 2.08. The number of ether oxygens (including phenoxy) is 2. The molecular formula is C34H24N2O4S4. The van der Waals surface area contributed by atoms with E-state index in [1.807, 2.05) is 47.2 Å². The summed E-state index contributed by atoms with van der Waals surface area (Å²) in [6.45, 7) is 0.207. The number of hydrogen-bond donors (Lipinski definition) is 0. The van der Waals surface area contributed by atoms with Crippen molar-refractivity contribution in [3.63, 3.8) is 0 Å². The summed E-state index contributed by atoms with van der Waals surface area (Å²) in [6.07, 6.45) is 9.72. The minimum atomic E-state index is -0.424. The van der Waals surface area contributed by atoms with Gasteiger partial charge in [-0.25, -0.2) is 9.59 Å². The fourth-order valence-corrected chi connectivity index (χ4v) is 7.59. The van der Waals surface area contributed by atoms with Crippen molar-refractivity contribution >= 4 is 69.4 Å². The van der Waals surface area contributed by atoms with E-state index in [0.29, 0.717) is 11.4 Å². The Hall–Kier alpha value is -4.48. The molecule has 0 radical (unpaired) electrons. The van der Waals surface area contributed by atoms with Crippen LogP contribution in [-0.2, 0) is 32.3 Å². The van der Waals surface area contributed by atoms with Gasteiger partial charge in [-0.1, -0.05) is 12.1 Å². The Kier molecular flexibility index (Phi) is 9.63. The van der Waals surface area contributed by atoms with Gasteiger partial charge < -0.3 is 9.47 Å². The van der Waals surface area contributed by atoms with E-state index in [1.165, 1.54) is 31.7 Å². The van der Waals surface area contributed by atoms with Gasteiger partial charge in [-0.3, -0.25) is 9.97 Å². The molecule has 0 aliphatic heterocycles. The molecule has 6 rings (SSSR count). The third-order valence-corrected chi connectivity index (χ3v) is 10.5. The lowest BCUT2D eigenvalue weighted by Gasteiger charge is -2.07. The number of rotatable bonds is 11. The van der Waals surface area contributed by atoms with Gasteiger partial charge in [0.05, 0.1) is 11.4 Å². The number of carbonyl (C=O) groups excluding carboxylic acids is 2. The quantitative estimate of drug-likeness (QED) is 0.103. The van der Waals surface area contributed by atoms with Crippen LogP contribution in [0.2, 0.25) is 0 Å². The average Bonchev–Trinajstić information content (AvgIpc) is 3.88. The Morgan fingerprint density at radius 3 is 1.52 bits per heavy atom. The van der Waals surface area contributed by atoms with Crippen LogP contribution in [0.5, 0.6) is 0 Å². The second-order valence-electron chi connectivity index (χ2n) is 9.34. The average molecular weight is 653 g/mol. The van der Waals surface area contributed by atoms with Crippen LogP contribution in [0.25, 0.3) is 43.0 Å². The highest BCUT2D eigenvalue weighted by atomic mass is 32.1. The second-order valence-corrected chi connectivity index (χ2v) is 13.5. The smallest absolute Gasteiger partial charge is 0.331 e. The normalized spacial score (nSPS) is 11.4. The third-order valence-electron chi connectivity index (χ3n) is 6.22. The highest BCUT2D eigenvalue weighted by Crippen LogP contribution is 2.33. The van der Waals surface area contributed by atoms with Crippen molar-refractivity contribution < 1.29 is 19.1 Å². The molecule has 0 saturated carbocycles. The Morgan fingerprint density at radius 1 is 0.614 bits per heavy atom. The van der Waals surface area contributed by atoms with Crippen LogP contribution in [0.1, 0.15) is 20.9 Å². The predicted octanol–water partition coefficient (Wildman–Crippen LogP) is 9.24. The molecule has 10 heteroatoms. The van der Waals surface area contributed by atoms with Crippen LogP contribution >= 0.6 is 45.3 Å². The van der Waals surface area contributed by atoms with Crippen molar-refractivity contribution in [2.24, 2.45) is 0 Å². The number of thiophene rings is 4. The van der Waals surface area contributed by atoms with Crippen molar-refractivity contribution in [1.29, 1.82) is 0 Å². The molecule has 44 heavy (non-hydrogen) atoms. The van der Waals surface area contributed by atoms with Gasteiger partial charge in [0.2, 0.25) is 0 Å². The second kappa shape index (κ2) is 14.3. The fourth-order valence-electron chi connectivity index (χ4n) is 4.10. The minimum Gasteiger partial charge on any atom is -0.458 e. The predicted molar refractivity (Wildman–Crippen MR) is 180 cm³/mol. The van der Waals surface area contributed by atoms with E-state index in [2.05, 4.69) is 34.2 Å². The Labute approximate surface area is 270 Å². The van der Waals surface area contributed by atoms with E-state index in [1.54, 1.807) is 82.0 Å². The standard InChI is InChI=1S/C34H24N2O4S4/c37-33(11-7-25-5-9-31(43-25)29-3-1-17-41-29)39-21-23-13-15-35-27(19-23)28-20-24(14-16-36-28)22-40-34(38)12-8-26-6-10-32(44-26)30-4-2-18-42-30/h1-20H,21-22H2/b11-7+,12-8+. The molecule has 0 amide bonds. The van der Waals surface area contributed by atoms with Gasteiger partial charge in [-0.05, 0) is 94.7 Å². The Morgan fingerprint density at radius 2 is 1.09 bits per heavy atom. The molecule has 0 N–H and O–H groups in total. The molecule has 0 atom stereocenters. The molecule has 0 saturated heterocycles. The molecule has 218 valence electrons. The van der Waals surface area contributed by atoms with E-state index in [9.17, 15) is 9.59 Å². The molecule has 6 aromatic rings. The number of nitrogens with zero attached hydrogens (tertiary/aromatic N) is 2. The SMILES string of the molecule is O=C(/C=C/c1ccc(-c2cccs2)s1)OCc1ccnc(-c2cc(COC(=O)/C=C/c3ccc(-c4cccs4)s3)ccn2)c1. The molecule has 0 bridgehead atoms. The van der Waals surface area contributed by atoms with Gasteiger partial charge in [0.15, 0.2) is 0 Å². The van der Waals surface area contributed by atoms with E-state index in [0.717, 1.165) is 20.9 Å². The zero-order valence-electron chi connectivity index (χ0n) is 23.1. The van der Waals surface area contributed by atoms with E-state index in [-0.39, 0.29) is 13.2 Å². The van der Waals surface area contributed by atoms with E-state index < -0.39 is 11.9 Å². The molecule has 0 fully saturated rings. The lowest BCUT2D eigenvalue weighted by molar-refractivity contribution is -0.139. The lowest BCUT2D eigenvalue weighted by atomic mass is 10.1. The van der Waals surface area contributed by atoms with E-state index in [4.69, 9.17) is 9.47 Å². The molecule has 0 aromatic carbocycles. The van der Waals surface area contributed by atoms with Crippen LogP contribution < -0.4 is 0 Å². The van der Waals surface area contributed by atoms with E-state index >= 15 is 0 Å². The van der Waals surface area contributed by atoms with Crippen LogP contribution in [0.4, 0.5) is 0 Å². The Bertz CT molecular complexity index is 1780. The molecule has 0 spiro atoms. The van der Waals surface area contributed by atoms with Crippen LogP contribution in [0, 0.1) is 0 Å². The van der Waals surface area contributed by atoms with Crippen LogP contribution in [-0.4, -0.2) is 21.9 Å². The van der Waals surface area contributed by atoms with Crippen molar-refractivity contribution in [2.45, 2.75) is 13.2 Å². The number of pyridine rings is 2. The van der Waals surface area contributed by atoms with Gasteiger partial charge >= 0.3 is 11.9 Å². The summed E-state index contributed by atoms with van der Waals surface area (Å²) in [5.41, 5.74) is 2.82. The summed E-state index contributed by atoms with van der Waals surface area (Å²) in [5.74, 6) is -0.847. The number of aromatic nitrogens is 2. The largest absolute Gasteiger partial charge is 0.458 e. The summed E-state index contributed by atoms with van der Waals surface area (Å²) in [6, 6.07) is 23.5. The zero-order chi connectivity index (χ0) is 30.1. The van der Waals surface area contributed by atoms with Gasteiger partial charge in [0.25, 0.3) is 0 Å². The molecule has 0 aliphatic rings. The fraction of sp³-hybridized carbons (Fsp3) is 0.0588. The minimum absolute atomic E-state index is 0.103. The number of carbonyl (C=O) groups is 2. The first-order chi connectivity index (χ1) is 21.6. The van der Waals surface area contributed by atoms with Crippen LogP contribution in [0.3, 0.4) is 0 Å². The van der Waals surface area contributed by atoms with Crippen LogP contribution in [0.15, 0.2) is 108 Å². The number of esters is 2. The third kappa shape index (κ3) is 7.91. The zero-order valence-corrected chi connectivity index (χ0v) is 26.4. The molecular weight excluding hydrogens is 629 g/mol. The van der Waals surface area contributed by atoms with Crippen molar-refractivity contribution in [3.8, 4) is 30.9 Å². The maximum Gasteiger partial charge on any atom is 0.331 e. The summed E-state index contributed by atoms with van der Waals surface area (Å²) in [4.78, 5) is 40.3. The van der Waals surface area contributed by atoms with Crippen molar-refractivity contribution in [3.05, 3.63) is 129 Å². The summed E-state index contributed by atoms with van der Waals surface area (Å²) in [5, 5.41) is 4.09. The van der Waals surface area contributed by atoms with Gasteiger partial charge in [0.1, 0.15) is 13.2 Å². The molecule has 0 unspecified atom stereocenters. The molecule has 6 nitrogen and oxygen atoms in total. The summed E-state index contributed by atoms with van der Waals surface area (Å²) in [7, 11) is 0. The summed E-state index contributed by atoms with van der Waals surface area (Å²) < 4.78 is 10.9. The Balaban J connectivity index is 1.00. The first-order valence-corrected chi connectivity index (χ1v) is 16.9. The lowest BCUT2D eigenvalue weighted by Crippen LogP contribution is -2.02. The first kappa shape index (κ1) is 29.6. The molecule has 6 heterocycles. The maximum absolute atomic E-state index is 12.4. The van der Waals surface area contributed by atoms with Crippen molar-refractivity contribution in [1.82, 2.24) is 9.97 Å². The molecule has 0 aliphatic carbocycles. The van der Waals surface area contributed by atoms with Crippen molar-refractivity contribution in [2.75, 3.05) is 0 Å². The highest BCUT2D eigenvalue weighted by molar-refractivity contribution is 7.22. The maximum atomic E-state index is 12.4.